The zero-order valence-corrected chi connectivity index (χ0v) is 10.1. The first kappa shape index (κ1) is 12.7. The van der Waals surface area contributed by atoms with Crippen LogP contribution in [0.25, 0.3) is 0 Å². The van der Waals surface area contributed by atoms with E-state index in [9.17, 15) is 9.59 Å². The van der Waals surface area contributed by atoms with Crippen LogP contribution in [0.2, 0.25) is 0 Å². The first-order valence-electron chi connectivity index (χ1n) is 5.48. The van der Waals surface area contributed by atoms with Crippen molar-refractivity contribution < 1.29 is 14.7 Å². The summed E-state index contributed by atoms with van der Waals surface area (Å²) in [6, 6.07) is 4.71. The number of hydrogen-bond acceptors (Lipinski definition) is 4. The lowest BCUT2D eigenvalue weighted by molar-refractivity contribution is 0.0696. The number of pyridine rings is 2. The lowest BCUT2D eigenvalue weighted by Gasteiger charge is -2.05. The molecule has 0 aliphatic heterocycles. The van der Waals surface area contributed by atoms with Crippen LogP contribution in [-0.4, -0.2) is 27.0 Å². The molecule has 0 unspecified atom stereocenters. The van der Waals surface area contributed by atoms with Crippen LogP contribution in [-0.2, 0) is 0 Å². The second-order valence-corrected chi connectivity index (χ2v) is 3.91. The van der Waals surface area contributed by atoms with E-state index in [0.717, 1.165) is 5.69 Å². The molecule has 0 saturated carbocycles. The molecule has 0 atom stereocenters. The minimum Gasteiger partial charge on any atom is -0.478 e. The summed E-state index contributed by atoms with van der Waals surface area (Å²) in [6.45, 7) is 1.82. The van der Waals surface area contributed by atoms with Crippen molar-refractivity contribution in [2.75, 3.05) is 5.32 Å². The monoisotopic (exact) mass is 257 g/mol. The van der Waals surface area contributed by atoms with E-state index in [-0.39, 0.29) is 11.5 Å². The van der Waals surface area contributed by atoms with Gasteiger partial charge in [-0.05, 0) is 25.1 Å². The number of nitrogens with zero attached hydrogens (tertiary/aromatic N) is 2. The van der Waals surface area contributed by atoms with E-state index in [1.807, 2.05) is 6.92 Å². The Bertz CT molecular complexity index is 623. The number of aromatic carboxylic acids is 1. The van der Waals surface area contributed by atoms with E-state index in [4.69, 9.17) is 5.11 Å². The summed E-state index contributed by atoms with van der Waals surface area (Å²) in [7, 11) is 0. The van der Waals surface area contributed by atoms with Crippen LogP contribution in [0.15, 0.2) is 36.8 Å². The largest absolute Gasteiger partial charge is 0.478 e. The third kappa shape index (κ3) is 3.12. The highest BCUT2D eigenvalue weighted by atomic mass is 16.4. The Kier molecular flexibility index (Phi) is 3.51. The highest BCUT2D eigenvalue weighted by Gasteiger charge is 2.09. The average Bonchev–Trinajstić information content (AvgIpc) is 2.39. The molecule has 0 saturated heterocycles. The molecule has 96 valence electrons. The highest BCUT2D eigenvalue weighted by Crippen LogP contribution is 2.10. The molecule has 0 aliphatic rings. The maximum Gasteiger partial charge on any atom is 0.337 e. The molecular weight excluding hydrogens is 246 g/mol. The van der Waals surface area contributed by atoms with Crippen molar-refractivity contribution >= 4 is 17.6 Å². The fourth-order valence-corrected chi connectivity index (χ4v) is 1.43. The van der Waals surface area contributed by atoms with Gasteiger partial charge in [-0.2, -0.15) is 0 Å². The van der Waals surface area contributed by atoms with E-state index < -0.39 is 5.97 Å². The summed E-state index contributed by atoms with van der Waals surface area (Å²) in [5.74, 6) is -1.46. The Morgan fingerprint density at radius 2 is 1.95 bits per heavy atom. The molecule has 2 rings (SSSR count). The molecule has 6 heteroatoms. The molecular formula is C13H11N3O3. The molecule has 0 aliphatic carbocycles. The molecule has 2 aromatic heterocycles. The summed E-state index contributed by atoms with van der Waals surface area (Å²) in [4.78, 5) is 30.4. The first-order chi connectivity index (χ1) is 9.06. The van der Waals surface area contributed by atoms with E-state index in [1.165, 1.54) is 24.7 Å². The molecule has 0 bridgehead atoms. The van der Waals surface area contributed by atoms with Gasteiger partial charge in [0.15, 0.2) is 0 Å². The molecule has 0 spiro atoms. The standard InChI is InChI=1S/C13H11N3O3/c1-8-2-3-9(6-15-8)12(17)16-11-4-10(13(18)19)5-14-7-11/h2-7H,1H3,(H,16,17)(H,18,19). The zero-order valence-electron chi connectivity index (χ0n) is 10.1. The Labute approximate surface area is 109 Å². The summed E-state index contributed by atoms with van der Waals surface area (Å²) < 4.78 is 0. The Morgan fingerprint density at radius 1 is 1.16 bits per heavy atom. The van der Waals surface area contributed by atoms with Gasteiger partial charge in [0.2, 0.25) is 0 Å². The lowest BCUT2D eigenvalue weighted by Crippen LogP contribution is -2.13. The quantitative estimate of drug-likeness (QED) is 0.873. The van der Waals surface area contributed by atoms with Crippen molar-refractivity contribution in [1.29, 1.82) is 0 Å². The van der Waals surface area contributed by atoms with Crippen LogP contribution in [0.1, 0.15) is 26.4 Å². The van der Waals surface area contributed by atoms with Gasteiger partial charge < -0.3 is 10.4 Å². The number of aryl methyl sites for hydroxylation is 1. The molecule has 1 amide bonds. The maximum atomic E-state index is 11.9. The number of carbonyl (C=O) groups is 2. The average molecular weight is 257 g/mol. The van der Waals surface area contributed by atoms with Gasteiger partial charge in [0, 0.05) is 18.1 Å². The number of carboxylic acids is 1. The van der Waals surface area contributed by atoms with Gasteiger partial charge in [0.25, 0.3) is 5.91 Å². The third-order valence-electron chi connectivity index (χ3n) is 2.42. The van der Waals surface area contributed by atoms with E-state index in [0.29, 0.717) is 11.3 Å². The third-order valence-corrected chi connectivity index (χ3v) is 2.42. The van der Waals surface area contributed by atoms with Crippen molar-refractivity contribution in [2.24, 2.45) is 0 Å². The number of aromatic nitrogens is 2. The van der Waals surface area contributed by atoms with Gasteiger partial charge in [0.05, 0.1) is 23.0 Å². The van der Waals surface area contributed by atoms with Crippen molar-refractivity contribution in [3.8, 4) is 0 Å². The summed E-state index contributed by atoms with van der Waals surface area (Å²) in [6.07, 6.45) is 4.05. The number of anilines is 1. The fraction of sp³-hybridized carbons (Fsp3) is 0.0769. The Hall–Kier alpha value is -2.76. The smallest absolute Gasteiger partial charge is 0.337 e. The van der Waals surface area contributed by atoms with Crippen LogP contribution >= 0.6 is 0 Å². The minimum absolute atomic E-state index is 0.0137. The Morgan fingerprint density at radius 3 is 2.58 bits per heavy atom. The van der Waals surface area contributed by atoms with Crippen LogP contribution < -0.4 is 5.32 Å². The highest BCUT2D eigenvalue weighted by molar-refractivity contribution is 6.04. The predicted molar refractivity (Wildman–Crippen MR) is 68.1 cm³/mol. The fourth-order valence-electron chi connectivity index (χ4n) is 1.43. The second-order valence-electron chi connectivity index (χ2n) is 3.91. The molecule has 0 aromatic carbocycles. The van der Waals surface area contributed by atoms with Gasteiger partial charge in [0.1, 0.15) is 0 Å². The summed E-state index contributed by atoms with van der Waals surface area (Å²) >= 11 is 0. The van der Waals surface area contributed by atoms with E-state index >= 15 is 0 Å². The number of nitrogens with one attached hydrogen (secondary N) is 1. The normalized spacial score (nSPS) is 9.95. The number of amides is 1. The topological polar surface area (TPSA) is 92.2 Å². The van der Waals surface area contributed by atoms with Crippen molar-refractivity contribution in [2.45, 2.75) is 6.92 Å². The molecule has 2 aromatic rings. The van der Waals surface area contributed by atoms with E-state index in [2.05, 4.69) is 15.3 Å². The maximum absolute atomic E-state index is 11.9. The second kappa shape index (κ2) is 5.26. The van der Waals surface area contributed by atoms with Gasteiger partial charge >= 0.3 is 5.97 Å². The summed E-state index contributed by atoms with van der Waals surface area (Å²) in [5, 5.41) is 11.4. The zero-order chi connectivity index (χ0) is 13.8. The first-order valence-corrected chi connectivity index (χ1v) is 5.48. The predicted octanol–water partition coefficient (Wildman–Crippen LogP) is 1.74. The molecule has 6 nitrogen and oxygen atoms in total. The number of carbonyl (C=O) groups excluding carboxylic acids is 1. The van der Waals surface area contributed by atoms with Crippen LogP contribution in [0.3, 0.4) is 0 Å². The van der Waals surface area contributed by atoms with Gasteiger partial charge in [-0.15, -0.1) is 0 Å². The van der Waals surface area contributed by atoms with Gasteiger partial charge in [-0.25, -0.2) is 4.79 Å². The van der Waals surface area contributed by atoms with E-state index in [1.54, 1.807) is 12.1 Å². The van der Waals surface area contributed by atoms with Crippen molar-refractivity contribution in [3.05, 3.63) is 53.6 Å². The van der Waals surface area contributed by atoms with Crippen LogP contribution in [0, 0.1) is 6.92 Å². The van der Waals surface area contributed by atoms with Crippen LogP contribution in [0.5, 0.6) is 0 Å². The number of rotatable bonds is 3. The summed E-state index contributed by atoms with van der Waals surface area (Å²) in [5.41, 5.74) is 1.54. The van der Waals surface area contributed by atoms with Crippen molar-refractivity contribution in [3.63, 3.8) is 0 Å². The molecule has 2 N–H and O–H groups in total. The Balaban J connectivity index is 2.17. The lowest BCUT2D eigenvalue weighted by atomic mass is 10.2. The minimum atomic E-state index is -1.10. The molecule has 0 fully saturated rings. The number of hydrogen-bond donors (Lipinski definition) is 2. The van der Waals surface area contributed by atoms with Gasteiger partial charge in [-0.1, -0.05) is 0 Å². The van der Waals surface area contributed by atoms with Crippen LogP contribution in [0.4, 0.5) is 5.69 Å². The van der Waals surface area contributed by atoms with Gasteiger partial charge in [-0.3, -0.25) is 14.8 Å². The molecule has 19 heavy (non-hydrogen) atoms. The SMILES string of the molecule is Cc1ccc(C(=O)Nc2cncc(C(=O)O)c2)cn1. The number of carboxylic acid groups (broad SMARTS) is 1. The van der Waals surface area contributed by atoms with Crippen molar-refractivity contribution in [1.82, 2.24) is 9.97 Å². The molecule has 2 heterocycles. The molecule has 0 radical (unpaired) electrons.